The van der Waals surface area contributed by atoms with Crippen molar-refractivity contribution in [3.8, 4) is 11.3 Å². The highest BCUT2D eigenvalue weighted by Gasteiger charge is 2.09. The van der Waals surface area contributed by atoms with Crippen LogP contribution in [0.5, 0.6) is 0 Å². The molecule has 0 saturated heterocycles. The second-order valence-electron chi connectivity index (χ2n) is 5.37. The van der Waals surface area contributed by atoms with Gasteiger partial charge in [0.25, 0.3) is 0 Å². The van der Waals surface area contributed by atoms with Gasteiger partial charge in [-0.3, -0.25) is 0 Å². The van der Waals surface area contributed by atoms with Crippen molar-refractivity contribution in [2.45, 2.75) is 13.2 Å². The molecule has 0 fully saturated rings. The summed E-state index contributed by atoms with van der Waals surface area (Å²) in [4.78, 5) is 20.4. The van der Waals surface area contributed by atoms with Crippen LogP contribution in [0.3, 0.4) is 0 Å². The molecule has 3 N–H and O–H groups in total. The lowest BCUT2D eigenvalue weighted by atomic mass is 10.1. The van der Waals surface area contributed by atoms with Gasteiger partial charge in [-0.1, -0.05) is 60.7 Å². The van der Waals surface area contributed by atoms with Crippen LogP contribution >= 0.6 is 0 Å². The van der Waals surface area contributed by atoms with Crippen LogP contribution in [0.1, 0.15) is 11.4 Å². The zero-order valence-electron chi connectivity index (χ0n) is 13.6. The second kappa shape index (κ2) is 7.92. The smallest absolute Gasteiger partial charge is 0.407 e. The van der Waals surface area contributed by atoms with E-state index in [4.69, 9.17) is 10.5 Å². The van der Waals surface area contributed by atoms with Gasteiger partial charge >= 0.3 is 6.09 Å². The Morgan fingerprint density at radius 2 is 1.72 bits per heavy atom. The Labute approximate surface area is 145 Å². The summed E-state index contributed by atoms with van der Waals surface area (Å²) in [7, 11) is 0. The number of nitrogens with zero attached hydrogens (tertiary/aromatic N) is 2. The number of anilines is 1. The number of amides is 1. The molecule has 126 valence electrons. The topological polar surface area (TPSA) is 90.1 Å². The summed E-state index contributed by atoms with van der Waals surface area (Å²) >= 11 is 0. The van der Waals surface area contributed by atoms with Crippen LogP contribution in [0.2, 0.25) is 0 Å². The number of ether oxygens (including phenoxy) is 1. The molecule has 6 nitrogen and oxygen atoms in total. The van der Waals surface area contributed by atoms with Crippen molar-refractivity contribution in [3.63, 3.8) is 0 Å². The maximum Gasteiger partial charge on any atom is 0.407 e. The maximum absolute atomic E-state index is 11.8. The van der Waals surface area contributed by atoms with Crippen molar-refractivity contribution in [2.24, 2.45) is 0 Å². The molecule has 6 heteroatoms. The van der Waals surface area contributed by atoms with Gasteiger partial charge in [0.15, 0.2) is 0 Å². The third kappa shape index (κ3) is 4.54. The molecule has 0 spiro atoms. The number of benzene rings is 2. The molecule has 1 amide bonds. The highest BCUT2D eigenvalue weighted by Crippen LogP contribution is 2.22. The van der Waals surface area contributed by atoms with Crippen molar-refractivity contribution in [3.05, 3.63) is 78.2 Å². The number of aromatic nitrogens is 2. The summed E-state index contributed by atoms with van der Waals surface area (Å²) in [5, 5.41) is 2.64. The summed E-state index contributed by atoms with van der Waals surface area (Å²) in [5.74, 6) is 0.463. The van der Waals surface area contributed by atoms with E-state index >= 15 is 0 Å². The van der Waals surface area contributed by atoms with E-state index in [1.165, 1.54) is 0 Å². The molecule has 25 heavy (non-hydrogen) atoms. The normalized spacial score (nSPS) is 10.2. The van der Waals surface area contributed by atoms with Gasteiger partial charge in [-0.15, -0.1) is 0 Å². The molecule has 0 aliphatic carbocycles. The first kappa shape index (κ1) is 16.4. The maximum atomic E-state index is 11.8. The van der Waals surface area contributed by atoms with Gasteiger partial charge in [0, 0.05) is 5.56 Å². The molecular weight excluding hydrogens is 316 g/mol. The molecule has 0 bridgehead atoms. The first-order chi connectivity index (χ1) is 12.2. The van der Waals surface area contributed by atoms with Gasteiger partial charge in [-0.2, -0.15) is 0 Å². The first-order valence-corrected chi connectivity index (χ1v) is 7.84. The molecule has 1 aromatic heterocycles. The Morgan fingerprint density at radius 1 is 1.04 bits per heavy atom. The van der Waals surface area contributed by atoms with Crippen molar-refractivity contribution in [1.29, 1.82) is 0 Å². The van der Waals surface area contributed by atoms with Crippen LogP contribution in [-0.4, -0.2) is 16.1 Å². The fourth-order valence-electron chi connectivity index (χ4n) is 2.27. The molecule has 3 rings (SSSR count). The van der Waals surface area contributed by atoms with Crippen LogP contribution in [-0.2, 0) is 17.9 Å². The zero-order chi connectivity index (χ0) is 17.5. The fraction of sp³-hybridized carbons (Fsp3) is 0.105. The molecule has 3 aromatic rings. The lowest BCUT2D eigenvalue weighted by molar-refractivity contribution is 0.139. The zero-order valence-corrected chi connectivity index (χ0v) is 13.6. The van der Waals surface area contributed by atoms with Gasteiger partial charge in [0.05, 0.1) is 24.1 Å². The Bertz CT molecular complexity index is 839. The summed E-state index contributed by atoms with van der Waals surface area (Å²) in [6.45, 7) is 0.373. The van der Waals surface area contributed by atoms with E-state index in [1.54, 1.807) is 6.20 Å². The van der Waals surface area contributed by atoms with Crippen LogP contribution in [0.15, 0.2) is 66.9 Å². The van der Waals surface area contributed by atoms with Crippen LogP contribution in [0.4, 0.5) is 10.5 Å². The second-order valence-corrected chi connectivity index (χ2v) is 5.37. The molecular formula is C19H18N4O2. The standard InChI is InChI=1S/C19H18N4O2/c20-16-11-21-17(23-18(16)15-9-5-2-6-10-15)12-22-19(24)25-13-14-7-3-1-4-8-14/h1-11H,12-13,20H2,(H,22,24). The van der Waals surface area contributed by atoms with Gasteiger partial charge in [-0.05, 0) is 5.56 Å². The third-order valence-electron chi connectivity index (χ3n) is 3.52. The van der Waals surface area contributed by atoms with E-state index in [-0.39, 0.29) is 13.2 Å². The van der Waals surface area contributed by atoms with E-state index in [0.29, 0.717) is 17.2 Å². The molecule has 0 radical (unpaired) electrons. The lowest BCUT2D eigenvalue weighted by Crippen LogP contribution is -2.24. The van der Waals surface area contributed by atoms with Crippen LogP contribution in [0.25, 0.3) is 11.3 Å². The summed E-state index contributed by atoms with van der Waals surface area (Å²) in [6.07, 6.45) is 1.02. The Kier molecular flexibility index (Phi) is 5.21. The van der Waals surface area contributed by atoms with Crippen LogP contribution in [0, 0.1) is 0 Å². The molecule has 0 aliphatic rings. The number of rotatable bonds is 5. The van der Waals surface area contributed by atoms with Gasteiger partial charge < -0.3 is 15.8 Å². The van der Waals surface area contributed by atoms with Gasteiger partial charge in [0.1, 0.15) is 12.4 Å². The lowest BCUT2D eigenvalue weighted by Gasteiger charge is -2.09. The number of nitrogens with one attached hydrogen (secondary N) is 1. The number of nitrogen functional groups attached to an aromatic ring is 1. The van der Waals surface area contributed by atoms with Gasteiger partial charge in [-0.25, -0.2) is 14.8 Å². The molecule has 0 unspecified atom stereocenters. The molecule has 2 aromatic carbocycles. The molecule has 0 atom stereocenters. The number of hydrogen-bond acceptors (Lipinski definition) is 5. The minimum absolute atomic E-state index is 0.160. The Balaban J connectivity index is 1.59. The average molecular weight is 334 g/mol. The van der Waals surface area contributed by atoms with E-state index < -0.39 is 6.09 Å². The van der Waals surface area contributed by atoms with Gasteiger partial charge in [0.2, 0.25) is 0 Å². The van der Waals surface area contributed by atoms with Crippen molar-refractivity contribution >= 4 is 11.8 Å². The molecule has 1 heterocycles. The largest absolute Gasteiger partial charge is 0.445 e. The SMILES string of the molecule is Nc1cnc(CNC(=O)OCc2ccccc2)nc1-c1ccccc1. The Hall–Kier alpha value is -3.41. The molecule has 0 aliphatic heterocycles. The highest BCUT2D eigenvalue weighted by molar-refractivity contribution is 5.71. The predicted molar refractivity (Wildman–Crippen MR) is 95.3 cm³/mol. The Morgan fingerprint density at radius 3 is 2.44 bits per heavy atom. The fourth-order valence-corrected chi connectivity index (χ4v) is 2.27. The first-order valence-electron chi connectivity index (χ1n) is 7.84. The van der Waals surface area contributed by atoms with Crippen LogP contribution < -0.4 is 11.1 Å². The minimum Gasteiger partial charge on any atom is -0.445 e. The van der Waals surface area contributed by atoms with Crippen molar-refractivity contribution in [1.82, 2.24) is 15.3 Å². The van der Waals surface area contributed by atoms with Crippen molar-refractivity contribution in [2.75, 3.05) is 5.73 Å². The summed E-state index contributed by atoms with van der Waals surface area (Å²) < 4.78 is 5.16. The van der Waals surface area contributed by atoms with E-state index in [0.717, 1.165) is 11.1 Å². The van der Waals surface area contributed by atoms with E-state index in [1.807, 2.05) is 60.7 Å². The minimum atomic E-state index is -0.523. The number of hydrogen-bond donors (Lipinski definition) is 2. The molecule has 0 saturated carbocycles. The third-order valence-corrected chi connectivity index (χ3v) is 3.52. The van der Waals surface area contributed by atoms with E-state index in [2.05, 4.69) is 15.3 Å². The van der Waals surface area contributed by atoms with Crippen molar-refractivity contribution < 1.29 is 9.53 Å². The quantitative estimate of drug-likeness (QED) is 0.748. The monoisotopic (exact) mass is 334 g/mol. The number of carbonyl (C=O) groups is 1. The summed E-state index contributed by atoms with van der Waals surface area (Å²) in [6, 6.07) is 19.1. The predicted octanol–water partition coefficient (Wildman–Crippen LogP) is 3.15. The number of carbonyl (C=O) groups excluding carboxylic acids is 1. The van der Waals surface area contributed by atoms with E-state index in [9.17, 15) is 4.79 Å². The summed E-state index contributed by atoms with van der Waals surface area (Å²) in [5.41, 5.74) is 8.91. The number of alkyl carbamates (subject to hydrolysis) is 1. The number of nitrogens with two attached hydrogens (primary N) is 1. The highest BCUT2D eigenvalue weighted by atomic mass is 16.5. The average Bonchev–Trinajstić information content (AvgIpc) is 2.67.